The van der Waals surface area contributed by atoms with E-state index in [1.165, 1.54) is 10.8 Å². The number of aromatic nitrogens is 2. The monoisotopic (exact) mass is 428 g/mol. The molecule has 2 N–H and O–H groups in total. The number of aliphatic hydroxyl groups excluding tert-OH is 2. The summed E-state index contributed by atoms with van der Waals surface area (Å²) in [7, 11) is 0. The highest BCUT2D eigenvalue weighted by Gasteiger charge is 2.70. The lowest BCUT2D eigenvalue weighted by Gasteiger charge is -2.41. The first-order valence-electron chi connectivity index (χ1n) is 10.2. The largest absolute Gasteiger partial charge is 0.387 e. The number of nitrogens with zero attached hydrogens (tertiary/aromatic N) is 2. The van der Waals surface area contributed by atoms with Crippen molar-refractivity contribution in [2.45, 2.75) is 62.9 Å². The highest BCUT2D eigenvalue weighted by molar-refractivity contribution is 5.23. The zero-order chi connectivity index (χ0) is 21.8. The quantitative estimate of drug-likeness (QED) is 0.655. The van der Waals surface area contributed by atoms with E-state index in [0.29, 0.717) is 12.0 Å². The van der Waals surface area contributed by atoms with Gasteiger partial charge in [0.15, 0.2) is 11.8 Å². The molecule has 9 heteroatoms. The van der Waals surface area contributed by atoms with Crippen molar-refractivity contribution < 1.29 is 24.4 Å². The topological polar surface area (TPSA) is 112 Å². The van der Waals surface area contributed by atoms with Gasteiger partial charge in [0.05, 0.1) is 12.7 Å². The van der Waals surface area contributed by atoms with Crippen LogP contribution in [0, 0.1) is 6.92 Å². The van der Waals surface area contributed by atoms with E-state index in [-0.39, 0.29) is 13.3 Å². The summed E-state index contributed by atoms with van der Waals surface area (Å²) in [6, 6.07) is 9.42. The summed E-state index contributed by atoms with van der Waals surface area (Å²) >= 11 is 0. The van der Waals surface area contributed by atoms with Crippen LogP contribution in [-0.2, 0) is 27.5 Å². The SMILES string of the molecule is Cc1cn([C@@H]2O[C@]34C(CC=C[C@H]3O)O[C@@H]2[C@@H]4O)c(=O)n(COCc2ccccc2)c1=O. The van der Waals surface area contributed by atoms with Crippen LogP contribution in [0.1, 0.15) is 23.8 Å². The molecule has 0 saturated carbocycles. The second-order valence-electron chi connectivity index (χ2n) is 8.20. The van der Waals surface area contributed by atoms with Crippen molar-refractivity contribution >= 4 is 0 Å². The average Bonchev–Trinajstić information content (AvgIpc) is 3.22. The molecule has 5 rings (SSSR count). The molecule has 1 aliphatic carbocycles. The molecular weight excluding hydrogens is 404 g/mol. The molecule has 2 saturated heterocycles. The van der Waals surface area contributed by atoms with Crippen molar-refractivity contribution in [3.05, 3.63) is 80.6 Å². The Hall–Kier alpha value is -2.56. The number of aryl methyl sites for hydroxylation is 1. The molecule has 2 fully saturated rings. The Morgan fingerprint density at radius 3 is 2.77 bits per heavy atom. The van der Waals surface area contributed by atoms with Gasteiger partial charge in [0.2, 0.25) is 0 Å². The molecule has 1 spiro atoms. The first-order valence-corrected chi connectivity index (χ1v) is 10.2. The number of ether oxygens (including phenoxy) is 3. The number of hydrogen-bond donors (Lipinski definition) is 2. The van der Waals surface area contributed by atoms with Gasteiger partial charge in [-0.3, -0.25) is 9.36 Å². The van der Waals surface area contributed by atoms with Crippen molar-refractivity contribution in [1.29, 1.82) is 0 Å². The van der Waals surface area contributed by atoms with Crippen LogP contribution in [0.3, 0.4) is 0 Å². The van der Waals surface area contributed by atoms with E-state index in [9.17, 15) is 19.8 Å². The molecule has 164 valence electrons. The average molecular weight is 428 g/mol. The van der Waals surface area contributed by atoms with Crippen LogP contribution < -0.4 is 11.2 Å². The molecule has 1 aromatic carbocycles. The second kappa shape index (κ2) is 7.54. The van der Waals surface area contributed by atoms with E-state index in [1.54, 1.807) is 19.1 Å². The molecule has 0 radical (unpaired) electrons. The van der Waals surface area contributed by atoms with Gasteiger partial charge in [-0.1, -0.05) is 42.5 Å². The van der Waals surface area contributed by atoms with Crippen molar-refractivity contribution in [3.8, 4) is 0 Å². The molecule has 9 nitrogen and oxygen atoms in total. The van der Waals surface area contributed by atoms with Crippen LogP contribution in [0.4, 0.5) is 0 Å². The summed E-state index contributed by atoms with van der Waals surface area (Å²) in [6.07, 6.45) is 0.771. The zero-order valence-corrected chi connectivity index (χ0v) is 17.0. The van der Waals surface area contributed by atoms with Gasteiger partial charge in [0.25, 0.3) is 5.56 Å². The Balaban J connectivity index is 1.44. The molecular formula is C22H24N2O7. The van der Waals surface area contributed by atoms with Crippen molar-refractivity contribution in [1.82, 2.24) is 9.13 Å². The summed E-state index contributed by atoms with van der Waals surface area (Å²) in [4.78, 5) is 25.7. The molecule has 3 heterocycles. The van der Waals surface area contributed by atoms with Crippen LogP contribution in [-0.4, -0.2) is 49.4 Å². The highest BCUT2D eigenvalue weighted by Crippen LogP contribution is 2.52. The third-order valence-electron chi connectivity index (χ3n) is 6.31. The third-order valence-corrected chi connectivity index (χ3v) is 6.31. The summed E-state index contributed by atoms with van der Waals surface area (Å²) in [6.45, 7) is 1.61. The lowest BCUT2D eigenvalue weighted by molar-refractivity contribution is -0.238. The van der Waals surface area contributed by atoms with Crippen molar-refractivity contribution in [3.63, 3.8) is 0 Å². The number of hydrogen-bond acceptors (Lipinski definition) is 7. The van der Waals surface area contributed by atoms with E-state index < -0.39 is 47.5 Å². The molecule has 6 atom stereocenters. The summed E-state index contributed by atoms with van der Waals surface area (Å²) in [5.41, 5.74) is -1.19. The lowest BCUT2D eigenvalue weighted by Crippen LogP contribution is -2.57. The molecule has 2 aliphatic heterocycles. The first kappa shape index (κ1) is 20.3. The van der Waals surface area contributed by atoms with E-state index in [0.717, 1.165) is 10.1 Å². The van der Waals surface area contributed by atoms with Gasteiger partial charge >= 0.3 is 5.69 Å². The lowest BCUT2D eigenvalue weighted by atomic mass is 9.81. The molecule has 1 aromatic heterocycles. The van der Waals surface area contributed by atoms with Gasteiger partial charge in [-0.15, -0.1) is 0 Å². The summed E-state index contributed by atoms with van der Waals surface area (Å²) in [5, 5.41) is 21.3. The number of rotatable bonds is 5. The number of benzene rings is 1. The molecule has 0 amide bonds. The Labute approximate surface area is 177 Å². The minimum absolute atomic E-state index is 0.228. The van der Waals surface area contributed by atoms with Gasteiger partial charge in [-0.25, -0.2) is 9.36 Å². The summed E-state index contributed by atoms with van der Waals surface area (Å²) < 4.78 is 19.9. The predicted octanol–water partition coefficient (Wildman–Crippen LogP) is 0.209. The smallest absolute Gasteiger partial charge is 0.335 e. The normalized spacial score (nSPS) is 33.6. The van der Waals surface area contributed by atoms with E-state index in [2.05, 4.69) is 0 Å². The van der Waals surface area contributed by atoms with Gasteiger partial charge in [-0.05, 0) is 18.9 Å². The molecule has 3 aliphatic rings. The number of fused-ring (bicyclic) bond motifs is 1. The fourth-order valence-corrected chi connectivity index (χ4v) is 4.72. The maximum absolute atomic E-state index is 13.1. The second-order valence-corrected chi connectivity index (χ2v) is 8.20. The van der Waals surface area contributed by atoms with Gasteiger partial charge in [0, 0.05) is 11.8 Å². The predicted molar refractivity (Wildman–Crippen MR) is 108 cm³/mol. The van der Waals surface area contributed by atoms with E-state index in [1.807, 2.05) is 30.3 Å². The Morgan fingerprint density at radius 2 is 2.00 bits per heavy atom. The number of aliphatic hydroxyl groups is 2. The van der Waals surface area contributed by atoms with Crippen LogP contribution in [0.5, 0.6) is 0 Å². The Bertz CT molecular complexity index is 1120. The van der Waals surface area contributed by atoms with Crippen LogP contribution >= 0.6 is 0 Å². The maximum atomic E-state index is 13.1. The minimum atomic E-state index is -1.33. The van der Waals surface area contributed by atoms with Crippen molar-refractivity contribution in [2.24, 2.45) is 0 Å². The molecule has 2 bridgehead atoms. The standard InChI is InChI=1S/C22H24N2O7/c1-13-10-23(20-17-18(26)22(31-20)15(25)8-5-9-16(22)30-17)21(28)24(19(13)27)12-29-11-14-6-3-2-4-7-14/h2-8,10,15-18,20,25-26H,9,11-12H2,1H3/t15-,16?,17-,18+,20-,22+/m1/s1. The fourth-order valence-electron chi connectivity index (χ4n) is 4.72. The Morgan fingerprint density at radius 1 is 1.23 bits per heavy atom. The first-order chi connectivity index (χ1) is 14.9. The van der Waals surface area contributed by atoms with E-state index in [4.69, 9.17) is 14.2 Å². The van der Waals surface area contributed by atoms with Gasteiger partial charge < -0.3 is 24.4 Å². The summed E-state index contributed by atoms with van der Waals surface area (Å²) in [5.74, 6) is 0. The molecule has 2 aromatic rings. The van der Waals surface area contributed by atoms with Gasteiger partial charge in [-0.2, -0.15) is 0 Å². The fraction of sp³-hybridized carbons (Fsp3) is 0.455. The molecule has 1 unspecified atom stereocenters. The van der Waals surface area contributed by atoms with Crippen LogP contribution in [0.25, 0.3) is 0 Å². The zero-order valence-electron chi connectivity index (χ0n) is 17.0. The Kier molecular flexibility index (Phi) is 4.95. The van der Waals surface area contributed by atoms with Crippen LogP contribution in [0.15, 0.2) is 58.3 Å². The van der Waals surface area contributed by atoms with Gasteiger partial charge in [0.1, 0.15) is 25.0 Å². The third kappa shape index (κ3) is 3.04. The molecule has 31 heavy (non-hydrogen) atoms. The highest BCUT2D eigenvalue weighted by atomic mass is 16.7. The van der Waals surface area contributed by atoms with Crippen molar-refractivity contribution in [2.75, 3.05) is 0 Å². The van der Waals surface area contributed by atoms with E-state index >= 15 is 0 Å². The maximum Gasteiger partial charge on any atom is 0.335 e. The minimum Gasteiger partial charge on any atom is -0.387 e. The van der Waals surface area contributed by atoms with Crippen LogP contribution in [0.2, 0.25) is 0 Å².